The van der Waals surface area contributed by atoms with Gasteiger partial charge in [0.05, 0.1) is 21.7 Å². The van der Waals surface area contributed by atoms with Crippen molar-refractivity contribution in [3.8, 4) is 11.1 Å². The van der Waals surface area contributed by atoms with Crippen molar-refractivity contribution in [3.05, 3.63) is 76.2 Å². The number of aryl methyl sites for hydroxylation is 1. The fraction of sp³-hybridized carbons (Fsp3) is 0.217. The molecule has 1 aliphatic heterocycles. The maximum atomic E-state index is 12.2. The largest absolute Gasteiger partial charge is 0.478 e. The third kappa shape index (κ3) is 3.56. The first kappa shape index (κ1) is 19.3. The van der Waals surface area contributed by atoms with Crippen LogP contribution in [0.5, 0.6) is 0 Å². The Morgan fingerprint density at radius 2 is 1.86 bits per heavy atom. The van der Waals surface area contributed by atoms with Crippen LogP contribution in [0.2, 0.25) is 0 Å². The predicted octanol–water partition coefficient (Wildman–Crippen LogP) is 2.88. The molecule has 3 aromatic rings. The Morgan fingerprint density at radius 3 is 2.55 bits per heavy atom. The SMILES string of the molecule is CCCc1nc2c(n1Cc1ccc(-c3ccccc3C(=O)O)cc1)=CS(=O)C=2C. The maximum Gasteiger partial charge on any atom is 0.336 e. The van der Waals surface area contributed by atoms with Gasteiger partial charge in [-0.05, 0) is 36.1 Å². The van der Waals surface area contributed by atoms with Crippen LogP contribution in [0.15, 0.2) is 48.5 Å². The number of benzene rings is 2. The third-order valence-electron chi connectivity index (χ3n) is 5.18. The summed E-state index contributed by atoms with van der Waals surface area (Å²) < 4.78 is 14.3. The van der Waals surface area contributed by atoms with Crippen molar-refractivity contribution in [2.24, 2.45) is 0 Å². The zero-order chi connectivity index (χ0) is 20.5. The second-order valence-electron chi connectivity index (χ2n) is 7.12. The molecule has 29 heavy (non-hydrogen) atoms. The van der Waals surface area contributed by atoms with E-state index in [0.717, 1.165) is 45.4 Å². The van der Waals surface area contributed by atoms with Gasteiger partial charge in [0.2, 0.25) is 0 Å². The molecule has 0 saturated carbocycles. The topological polar surface area (TPSA) is 72.2 Å². The molecule has 2 heterocycles. The standard InChI is InChI=1S/C23H22N2O3S/c1-3-6-21-24-22-15(2)29(28)14-20(22)25(21)13-16-9-11-17(12-10-16)18-7-4-5-8-19(18)23(26)27/h4-5,7-12,14H,3,6,13H2,1-2H3,(H,26,27). The zero-order valence-electron chi connectivity index (χ0n) is 16.4. The Morgan fingerprint density at radius 1 is 1.14 bits per heavy atom. The molecular weight excluding hydrogens is 384 g/mol. The second-order valence-corrected chi connectivity index (χ2v) is 8.56. The van der Waals surface area contributed by atoms with Gasteiger partial charge in [0, 0.05) is 23.3 Å². The van der Waals surface area contributed by atoms with Crippen molar-refractivity contribution in [1.82, 2.24) is 9.55 Å². The quantitative estimate of drug-likeness (QED) is 0.683. The number of imidazole rings is 1. The van der Waals surface area contributed by atoms with Gasteiger partial charge < -0.3 is 9.67 Å². The number of rotatable bonds is 6. The van der Waals surface area contributed by atoms with Crippen LogP contribution < -0.4 is 10.7 Å². The Bertz CT molecular complexity index is 1240. The molecule has 4 rings (SSSR count). The molecule has 148 valence electrons. The number of carbonyl (C=O) groups is 1. The van der Waals surface area contributed by atoms with Gasteiger partial charge in [-0.2, -0.15) is 0 Å². The number of hydrogen-bond donors (Lipinski definition) is 1. The van der Waals surface area contributed by atoms with Crippen LogP contribution in [0.25, 0.3) is 21.4 Å². The molecule has 1 N–H and O–H groups in total. The van der Waals surface area contributed by atoms with Crippen molar-refractivity contribution in [1.29, 1.82) is 0 Å². The van der Waals surface area contributed by atoms with Crippen LogP contribution in [-0.4, -0.2) is 24.8 Å². The highest BCUT2D eigenvalue weighted by Gasteiger charge is 2.17. The first-order chi connectivity index (χ1) is 14.0. The number of carboxylic acids is 1. The van der Waals surface area contributed by atoms with E-state index >= 15 is 0 Å². The van der Waals surface area contributed by atoms with Crippen LogP contribution in [0.1, 0.15) is 42.0 Å². The highest BCUT2D eigenvalue weighted by Crippen LogP contribution is 2.24. The van der Waals surface area contributed by atoms with Crippen LogP contribution in [0, 0.1) is 0 Å². The van der Waals surface area contributed by atoms with Crippen LogP contribution in [0.3, 0.4) is 0 Å². The van der Waals surface area contributed by atoms with Crippen molar-refractivity contribution in [3.63, 3.8) is 0 Å². The highest BCUT2D eigenvalue weighted by atomic mass is 32.2. The Hall–Kier alpha value is -2.99. The number of nitrogens with zero attached hydrogens (tertiary/aromatic N) is 2. The first-order valence-corrected chi connectivity index (χ1v) is 10.8. The first-order valence-electron chi connectivity index (χ1n) is 9.60. The smallest absolute Gasteiger partial charge is 0.336 e. The van der Waals surface area contributed by atoms with Gasteiger partial charge in [0.1, 0.15) is 11.2 Å². The average molecular weight is 407 g/mol. The molecule has 0 radical (unpaired) electrons. The molecule has 1 aromatic heterocycles. The summed E-state index contributed by atoms with van der Waals surface area (Å²) in [6, 6.07) is 14.9. The van der Waals surface area contributed by atoms with Crippen molar-refractivity contribution < 1.29 is 14.1 Å². The fourth-order valence-corrected chi connectivity index (χ4v) is 4.62. The minimum atomic E-state index is -1.10. The summed E-state index contributed by atoms with van der Waals surface area (Å²) in [6.45, 7) is 4.64. The molecule has 0 saturated heterocycles. The Labute approximate surface area is 171 Å². The summed E-state index contributed by atoms with van der Waals surface area (Å²) in [7, 11) is -1.10. The van der Waals surface area contributed by atoms with Gasteiger partial charge in [0.15, 0.2) is 0 Å². The summed E-state index contributed by atoms with van der Waals surface area (Å²) in [5.41, 5.74) is 2.95. The molecule has 1 unspecified atom stereocenters. The van der Waals surface area contributed by atoms with E-state index in [4.69, 9.17) is 4.98 Å². The lowest BCUT2D eigenvalue weighted by Gasteiger charge is -2.10. The molecule has 6 heteroatoms. The van der Waals surface area contributed by atoms with Gasteiger partial charge in [0.25, 0.3) is 0 Å². The van der Waals surface area contributed by atoms with Gasteiger partial charge >= 0.3 is 5.97 Å². The maximum absolute atomic E-state index is 12.2. The minimum Gasteiger partial charge on any atom is -0.478 e. The summed E-state index contributed by atoms with van der Waals surface area (Å²) in [5, 5.41) is 13.0. The molecular formula is C23H22N2O3S. The predicted molar refractivity (Wildman–Crippen MR) is 115 cm³/mol. The Kier molecular flexibility index (Phi) is 5.20. The van der Waals surface area contributed by atoms with E-state index in [1.54, 1.807) is 17.5 Å². The monoisotopic (exact) mass is 406 g/mol. The van der Waals surface area contributed by atoms with E-state index < -0.39 is 16.8 Å². The summed E-state index contributed by atoms with van der Waals surface area (Å²) in [4.78, 5) is 17.1. The van der Waals surface area contributed by atoms with E-state index in [2.05, 4.69) is 11.5 Å². The lowest BCUT2D eigenvalue weighted by Crippen LogP contribution is -2.28. The number of carboxylic acid groups (broad SMARTS) is 1. The third-order valence-corrected chi connectivity index (χ3v) is 6.41. The Balaban J connectivity index is 1.70. The van der Waals surface area contributed by atoms with Gasteiger partial charge in [-0.3, -0.25) is 0 Å². The number of fused-ring (bicyclic) bond motifs is 1. The minimum absolute atomic E-state index is 0.293. The molecule has 0 spiro atoms. The van der Waals surface area contributed by atoms with Crippen molar-refractivity contribution >= 4 is 27.1 Å². The number of aromatic nitrogens is 2. The summed E-state index contributed by atoms with van der Waals surface area (Å²) >= 11 is 0. The van der Waals surface area contributed by atoms with E-state index in [1.807, 2.05) is 43.3 Å². The van der Waals surface area contributed by atoms with Crippen LogP contribution >= 0.6 is 0 Å². The van der Waals surface area contributed by atoms with Crippen LogP contribution in [0.4, 0.5) is 0 Å². The van der Waals surface area contributed by atoms with Crippen molar-refractivity contribution in [2.75, 3.05) is 0 Å². The summed E-state index contributed by atoms with van der Waals surface area (Å²) in [6.07, 6.45) is 1.85. The molecule has 0 amide bonds. The van der Waals surface area contributed by atoms with Gasteiger partial charge in [-0.25, -0.2) is 14.0 Å². The average Bonchev–Trinajstić information content (AvgIpc) is 3.19. The zero-order valence-corrected chi connectivity index (χ0v) is 17.2. The lowest BCUT2D eigenvalue weighted by molar-refractivity contribution is 0.0697. The highest BCUT2D eigenvalue weighted by molar-refractivity contribution is 8.01. The molecule has 1 atom stereocenters. The van der Waals surface area contributed by atoms with Gasteiger partial charge in [-0.15, -0.1) is 0 Å². The van der Waals surface area contributed by atoms with Gasteiger partial charge in [-0.1, -0.05) is 49.4 Å². The molecule has 1 aliphatic rings. The molecule has 0 bridgehead atoms. The normalized spacial score (nSPS) is 15.2. The van der Waals surface area contributed by atoms with Crippen LogP contribution in [-0.2, 0) is 23.8 Å². The molecule has 0 fully saturated rings. The van der Waals surface area contributed by atoms with Crippen molar-refractivity contribution in [2.45, 2.75) is 33.2 Å². The second kappa shape index (κ2) is 7.79. The molecule has 5 nitrogen and oxygen atoms in total. The molecule has 2 aromatic carbocycles. The number of aromatic carboxylic acids is 1. The van der Waals surface area contributed by atoms with E-state index in [0.29, 0.717) is 17.7 Å². The fourth-order valence-electron chi connectivity index (χ4n) is 3.66. The van der Waals surface area contributed by atoms with E-state index in [-0.39, 0.29) is 0 Å². The number of hydrogen-bond acceptors (Lipinski definition) is 3. The van der Waals surface area contributed by atoms with E-state index in [9.17, 15) is 14.1 Å². The molecule has 0 aliphatic carbocycles. The summed E-state index contributed by atoms with van der Waals surface area (Å²) in [5.74, 6) is 0.0723. The van der Waals surface area contributed by atoms with E-state index in [1.165, 1.54) is 0 Å². The lowest BCUT2D eigenvalue weighted by atomic mass is 9.99.